The predicted molar refractivity (Wildman–Crippen MR) is 106 cm³/mol. The molecule has 2 aromatic carbocycles. The quantitative estimate of drug-likeness (QED) is 0.424. The third kappa shape index (κ3) is 6.45. The lowest BCUT2D eigenvalue weighted by atomic mass is 10.1. The minimum Gasteiger partial charge on any atom is -0.387 e. The number of nitrogens with zero attached hydrogens (tertiary/aromatic N) is 2. The number of rotatable bonds is 5. The van der Waals surface area contributed by atoms with Crippen molar-refractivity contribution in [3.8, 4) is 0 Å². The molecule has 2 aromatic rings. The second kappa shape index (κ2) is 10.2. The smallest absolute Gasteiger partial charge is 0.193 e. The Bertz CT molecular complexity index is 632. The first kappa shape index (κ1) is 20.4. The Kier molecular flexibility index (Phi) is 8.70. The Morgan fingerprint density at radius 1 is 1.12 bits per heavy atom. The SMILES string of the molecule is CN(C)C(=NCc1ccccc1)NCC(O)c1ccc(F)cc1.I. The summed E-state index contributed by atoms with van der Waals surface area (Å²) in [6.45, 7) is 0.867. The maximum Gasteiger partial charge on any atom is 0.193 e. The number of halogens is 2. The van der Waals surface area contributed by atoms with E-state index in [0.29, 0.717) is 24.6 Å². The average molecular weight is 443 g/mol. The first-order valence-electron chi connectivity index (χ1n) is 7.49. The van der Waals surface area contributed by atoms with Crippen LogP contribution in [-0.2, 0) is 6.54 Å². The summed E-state index contributed by atoms with van der Waals surface area (Å²) in [4.78, 5) is 6.40. The van der Waals surface area contributed by atoms with Gasteiger partial charge in [-0.25, -0.2) is 9.38 Å². The zero-order valence-corrected chi connectivity index (χ0v) is 16.1. The highest BCUT2D eigenvalue weighted by atomic mass is 127. The van der Waals surface area contributed by atoms with Gasteiger partial charge in [0, 0.05) is 20.6 Å². The van der Waals surface area contributed by atoms with Gasteiger partial charge in [-0.2, -0.15) is 0 Å². The first-order valence-corrected chi connectivity index (χ1v) is 7.49. The molecular weight excluding hydrogens is 420 g/mol. The monoisotopic (exact) mass is 443 g/mol. The molecule has 130 valence electrons. The standard InChI is InChI=1S/C18H22FN3O.HI/c1-22(2)18(20-12-14-6-4-3-5-7-14)21-13-17(23)15-8-10-16(19)11-9-15;/h3-11,17,23H,12-13H2,1-2H3,(H,20,21);1H. The van der Waals surface area contributed by atoms with Crippen LogP contribution in [0.15, 0.2) is 59.6 Å². The van der Waals surface area contributed by atoms with E-state index in [2.05, 4.69) is 10.3 Å². The van der Waals surface area contributed by atoms with Crippen molar-refractivity contribution >= 4 is 29.9 Å². The summed E-state index contributed by atoms with van der Waals surface area (Å²) in [5, 5.41) is 13.3. The van der Waals surface area contributed by atoms with Gasteiger partial charge < -0.3 is 15.3 Å². The first-order chi connectivity index (χ1) is 11.1. The molecule has 0 bridgehead atoms. The van der Waals surface area contributed by atoms with Crippen molar-refractivity contribution in [1.29, 1.82) is 0 Å². The van der Waals surface area contributed by atoms with Gasteiger partial charge in [0.2, 0.25) is 0 Å². The Morgan fingerprint density at radius 2 is 1.75 bits per heavy atom. The van der Waals surface area contributed by atoms with Gasteiger partial charge in [0.05, 0.1) is 12.6 Å². The second-order valence-electron chi connectivity index (χ2n) is 5.47. The second-order valence-corrected chi connectivity index (χ2v) is 5.47. The summed E-state index contributed by atoms with van der Waals surface area (Å²) in [6.07, 6.45) is -0.725. The third-order valence-corrected chi connectivity index (χ3v) is 3.39. The lowest BCUT2D eigenvalue weighted by Crippen LogP contribution is -2.38. The van der Waals surface area contributed by atoms with Crippen molar-refractivity contribution < 1.29 is 9.50 Å². The number of hydrogen-bond donors (Lipinski definition) is 2. The van der Waals surface area contributed by atoms with Gasteiger partial charge in [-0.15, -0.1) is 24.0 Å². The summed E-state index contributed by atoms with van der Waals surface area (Å²) in [5.74, 6) is 0.377. The van der Waals surface area contributed by atoms with Crippen LogP contribution < -0.4 is 5.32 Å². The highest BCUT2D eigenvalue weighted by Crippen LogP contribution is 2.12. The highest BCUT2D eigenvalue weighted by molar-refractivity contribution is 14.0. The van der Waals surface area contributed by atoms with E-state index in [-0.39, 0.29) is 29.8 Å². The lowest BCUT2D eigenvalue weighted by molar-refractivity contribution is 0.180. The fraction of sp³-hybridized carbons (Fsp3) is 0.278. The highest BCUT2D eigenvalue weighted by Gasteiger charge is 2.09. The van der Waals surface area contributed by atoms with Crippen LogP contribution >= 0.6 is 24.0 Å². The topological polar surface area (TPSA) is 47.9 Å². The maximum absolute atomic E-state index is 12.9. The molecule has 2 rings (SSSR count). The van der Waals surface area contributed by atoms with Gasteiger partial charge in [-0.3, -0.25) is 0 Å². The molecule has 0 aliphatic heterocycles. The summed E-state index contributed by atoms with van der Waals surface area (Å²) >= 11 is 0. The number of aliphatic imine (C=N–C) groups is 1. The third-order valence-electron chi connectivity index (χ3n) is 3.39. The Hall–Kier alpha value is -1.67. The molecule has 1 atom stereocenters. The van der Waals surface area contributed by atoms with Crippen molar-refractivity contribution in [3.05, 3.63) is 71.5 Å². The molecule has 6 heteroatoms. The number of benzene rings is 2. The van der Waals surface area contributed by atoms with Crippen LogP contribution in [0.1, 0.15) is 17.2 Å². The van der Waals surface area contributed by atoms with E-state index in [9.17, 15) is 9.50 Å². The van der Waals surface area contributed by atoms with Crippen molar-refractivity contribution in [1.82, 2.24) is 10.2 Å². The van der Waals surface area contributed by atoms with E-state index in [4.69, 9.17) is 0 Å². The molecule has 0 fully saturated rings. The predicted octanol–water partition coefficient (Wildman–Crippen LogP) is 3.18. The van der Waals surface area contributed by atoms with Crippen LogP contribution in [0.3, 0.4) is 0 Å². The van der Waals surface area contributed by atoms with Gasteiger partial charge in [0.25, 0.3) is 0 Å². The lowest BCUT2D eigenvalue weighted by Gasteiger charge is -2.20. The molecular formula is C18H23FIN3O. The van der Waals surface area contributed by atoms with Gasteiger partial charge >= 0.3 is 0 Å². The van der Waals surface area contributed by atoms with Gasteiger partial charge in [0.15, 0.2) is 5.96 Å². The molecule has 0 aromatic heterocycles. The van der Waals surface area contributed by atoms with Gasteiger partial charge in [-0.1, -0.05) is 42.5 Å². The van der Waals surface area contributed by atoms with E-state index >= 15 is 0 Å². The van der Waals surface area contributed by atoms with Crippen LogP contribution in [0.25, 0.3) is 0 Å². The summed E-state index contributed by atoms with van der Waals surface area (Å²) in [5.41, 5.74) is 1.78. The maximum atomic E-state index is 12.9. The van der Waals surface area contributed by atoms with E-state index < -0.39 is 6.10 Å². The molecule has 0 aliphatic rings. The van der Waals surface area contributed by atoms with E-state index in [1.165, 1.54) is 12.1 Å². The van der Waals surface area contributed by atoms with Crippen molar-refractivity contribution in [3.63, 3.8) is 0 Å². The summed E-state index contributed by atoms with van der Waals surface area (Å²) in [6, 6.07) is 15.8. The Balaban J connectivity index is 0.00000288. The molecule has 0 aliphatic carbocycles. The molecule has 0 amide bonds. The van der Waals surface area contributed by atoms with Crippen LogP contribution in [0, 0.1) is 5.82 Å². The Morgan fingerprint density at radius 3 is 2.33 bits per heavy atom. The number of aliphatic hydroxyl groups is 1. The fourth-order valence-electron chi connectivity index (χ4n) is 2.10. The summed E-state index contributed by atoms with van der Waals surface area (Å²) < 4.78 is 12.9. The van der Waals surface area contributed by atoms with Gasteiger partial charge in [0.1, 0.15) is 5.82 Å². The van der Waals surface area contributed by atoms with Gasteiger partial charge in [-0.05, 0) is 23.3 Å². The van der Waals surface area contributed by atoms with Crippen LogP contribution in [0.2, 0.25) is 0 Å². The van der Waals surface area contributed by atoms with Crippen molar-refractivity contribution in [2.75, 3.05) is 20.6 Å². The molecule has 0 spiro atoms. The average Bonchev–Trinajstić information content (AvgIpc) is 2.56. The van der Waals surface area contributed by atoms with E-state index in [1.54, 1.807) is 12.1 Å². The van der Waals surface area contributed by atoms with Crippen molar-refractivity contribution in [2.45, 2.75) is 12.6 Å². The van der Waals surface area contributed by atoms with E-state index in [0.717, 1.165) is 5.56 Å². The molecule has 2 N–H and O–H groups in total. The van der Waals surface area contributed by atoms with E-state index in [1.807, 2.05) is 49.3 Å². The van der Waals surface area contributed by atoms with Crippen LogP contribution in [-0.4, -0.2) is 36.6 Å². The summed E-state index contributed by atoms with van der Waals surface area (Å²) in [7, 11) is 3.78. The fourth-order valence-corrected chi connectivity index (χ4v) is 2.10. The molecule has 0 saturated heterocycles. The number of guanidine groups is 1. The van der Waals surface area contributed by atoms with Crippen molar-refractivity contribution in [2.24, 2.45) is 4.99 Å². The molecule has 0 saturated carbocycles. The molecule has 0 heterocycles. The minimum atomic E-state index is -0.725. The number of nitrogens with one attached hydrogen (secondary N) is 1. The van der Waals surface area contributed by atoms with Crippen LogP contribution in [0.4, 0.5) is 4.39 Å². The van der Waals surface area contributed by atoms with Crippen LogP contribution in [0.5, 0.6) is 0 Å². The molecule has 1 unspecified atom stereocenters. The molecule has 4 nitrogen and oxygen atoms in total. The zero-order chi connectivity index (χ0) is 16.7. The minimum absolute atomic E-state index is 0. The normalized spacial score (nSPS) is 12.2. The molecule has 0 radical (unpaired) electrons. The number of aliphatic hydroxyl groups excluding tert-OH is 1. The molecule has 24 heavy (non-hydrogen) atoms. The largest absolute Gasteiger partial charge is 0.387 e. The Labute approximate surface area is 159 Å². The number of hydrogen-bond acceptors (Lipinski definition) is 2. The zero-order valence-electron chi connectivity index (χ0n) is 13.8.